The number of hydrogen-bond donors (Lipinski definition) is 0. The van der Waals surface area contributed by atoms with Crippen LogP contribution in [0.3, 0.4) is 0 Å². The average Bonchev–Trinajstić information content (AvgIpc) is 3.02. The van der Waals surface area contributed by atoms with E-state index >= 15 is 0 Å². The van der Waals surface area contributed by atoms with Crippen molar-refractivity contribution in [3.05, 3.63) is 33.8 Å². The van der Waals surface area contributed by atoms with E-state index in [-0.39, 0.29) is 11.8 Å². The highest BCUT2D eigenvalue weighted by Gasteiger charge is 2.37. The molecule has 0 bridgehead atoms. The summed E-state index contributed by atoms with van der Waals surface area (Å²) in [5, 5.41) is 0.817. The van der Waals surface area contributed by atoms with Gasteiger partial charge in [-0.05, 0) is 43.9 Å². The van der Waals surface area contributed by atoms with Crippen molar-refractivity contribution in [1.29, 1.82) is 0 Å². The van der Waals surface area contributed by atoms with Crippen molar-refractivity contribution < 1.29 is 9.59 Å². The first-order chi connectivity index (χ1) is 11.3. The summed E-state index contributed by atoms with van der Waals surface area (Å²) < 4.78 is 0. The number of likely N-dealkylation sites (N-methyl/N-ethyl adjacent to an activating group) is 1. The smallest absolute Gasteiger partial charge is 0.256 e. The number of halogens is 2. The minimum Gasteiger partial charge on any atom is -0.341 e. The van der Waals surface area contributed by atoms with E-state index in [0.717, 1.165) is 6.42 Å². The lowest BCUT2D eigenvalue weighted by molar-refractivity contribution is -0.135. The van der Waals surface area contributed by atoms with E-state index in [1.54, 1.807) is 23.1 Å². The van der Waals surface area contributed by atoms with Crippen LogP contribution in [0.25, 0.3) is 0 Å². The summed E-state index contributed by atoms with van der Waals surface area (Å²) >= 11 is 12.1. The summed E-state index contributed by atoms with van der Waals surface area (Å²) in [6, 6.07) is 4.42. The maximum Gasteiger partial charge on any atom is 0.256 e. The van der Waals surface area contributed by atoms with Gasteiger partial charge < -0.3 is 9.80 Å². The van der Waals surface area contributed by atoms with Gasteiger partial charge in [-0.1, -0.05) is 37.0 Å². The Bertz CT molecular complexity index is 619. The molecule has 1 aliphatic heterocycles. The van der Waals surface area contributed by atoms with Crippen LogP contribution in [-0.2, 0) is 4.79 Å². The highest BCUT2D eigenvalue weighted by Crippen LogP contribution is 2.27. The number of benzene rings is 1. The van der Waals surface area contributed by atoms with Gasteiger partial charge in [-0.15, -0.1) is 0 Å². The fourth-order valence-electron chi connectivity index (χ4n) is 3.11. The van der Waals surface area contributed by atoms with Gasteiger partial charge in [-0.3, -0.25) is 9.59 Å². The first kappa shape index (κ1) is 19.1. The van der Waals surface area contributed by atoms with E-state index in [2.05, 4.69) is 13.8 Å². The third-order valence-electron chi connectivity index (χ3n) is 4.24. The van der Waals surface area contributed by atoms with Crippen LogP contribution in [0.4, 0.5) is 0 Å². The summed E-state index contributed by atoms with van der Waals surface area (Å²) in [6.45, 7) is 8.05. The summed E-state index contributed by atoms with van der Waals surface area (Å²) in [5.74, 6) is 0.191. The molecule has 1 heterocycles. The molecule has 1 aromatic rings. The van der Waals surface area contributed by atoms with Gasteiger partial charge in [-0.2, -0.15) is 0 Å². The molecule has 132 valence electrons. The highest BCUT2D eigenvalue weighted by molar-refractivity contribution is 6.35. The van der Waals surface area contributed by atoms with Crippen molar-refractivity contribution in [2.45, 2.75) is 39.7 Å². The molecular weight excluding hydrogens is 347 g/mol. The molecule has 0 N–H and O–H groups in total. The molecule has 2 rings (SSSR count). The maximum atomic E-state index is 12.9. The third-order valence-corrected chi connectivity index (χ3v) is 4.80. The SMILES string of the molecule is CCN(CC(C)C)C(=O)C1CCCN1C(=O)c1cc(Cl)ccc1Cl. The Kier molecular flexibility index (Phi) is 6.53. The predicted octanol–water partition coefficient (Wildman–Crippen LogP) is 4.10. The Labute approximate surface area is 153 Å². The molecule has 0 radical (unpaired) electrons. The molecule has 4 nitrogen and oxygen atoms in total. The van der Waals surface area contributed by atoms with Gasteiger partial charge in [0.25, 0.3) is 5.91 Å². The molecule has 0 aromatic heterocycles. The lowest BCUT2D eigenvalue weighted by atomic mass is 10.1. The van der Waals surface area contributed by atoms with Crippen LogP contribution in [-0.4, -0.2) is 47.3 Å². The summed E-state index contributed by atoms with van der Waals surface area (Å²) in [6.07, 6.45) is 1.51. The van der Waals surface area contributed by atoms with Crippen LogP contribution in [0.5, 0.6) is 0 Å². The first-order valence-corrected chi connectivity index (χ1v) is 9.15. The highest BCUT2D eigenvalue weighted by atomic mass is 35.5. The zero-order valence-electron chi connectivity index (χ0n) is 14.4. The van der Waals surface area contributed by atoms with E-state index in [9.17, 15) is 9.59 Å². The quantitative estimate of drug-likeness (QED) is 0.782. The molecule has 1 aliphatic rings. The van der Waals surface area contributed by atoms with Crippen LogP contribution in [0, 0.1) is 5.92 Å². The van der Waals surface area contributed by atoms with Gasteiger partial charge in [0.1, 0.15) is 6.04 Å². The van der Waals surface area contributed by atoms with Crippen molar-refractivity contribution >= 4 is 35.0 Å². The fourth-order valence-corrected chi connectivity index (χ4v) is 3.48. The second-order valence-electron chi connectivity index (χ2n) is 6.55. The van der Waals surface area contributed by atoms with Crippen LogP contribution < -0.4 is 0 Å². The average molecular weight is 371 g/mol. The molecule has 1 aromatic carbocycles. The maximum absolute atomic E-state index is 12.9. The minimum atomic E-state index is -0.411. The van der Waals surface area contributed by atoms with E-state index in [4.69, 9.17) is 23.2 Å². The predicted molar refractivity (Wildman–Crippen MR) is 97.6 cm³/mol. The molecule has 6 heteroatoms. The lowest BCUT2D eigenvalue weighted by Crippen LogP contribution is -2.48. The van der Waals surface area contributed by atoms with Crippen molar-refractivity contribution in [2.24, 2.45) is 5.92 Å². The summed E-state index contributed by atoms with van der Waals surface area (Å²) in [4.78, 5) is 29.2. The summed E-state index contributed by atoms with van der Waals surface area (Å²) in [7, 11) is 0. The number of carbonyl (C=O) groups excluding carboxylic acids is 2. The fraction of sp³-hybridized carbons (Fsp3) is 0.556. The van der Waals surface area contributed by atoms with Gasteiger partial charge in [0, 0.05) is 24.7 Å². The molecular formula is C18H24Cl2N2O2. The third kappa shape index (κ3) is 4.22. The normalized spacial score (nSPS) is 17.4. The topological polar surface area (TPSA) is 40.6 Å². The van der Waals surface area contributed by atoms with Crippen LogP contribution >= 0.6 is 23.2 Å². The second kappa shape index (κ2) is 8.21. The van der Waals surface area contributed by atoms with Crippen LogP contribution in [0.15, 0.2) is 18.2 Å². The number of likely N-dealkylation sites (tertiary alicyclic amines) is 1. The van der Waals surface area contributed by atoms with Crippen molar-refractivity contribution in [3.63, 3.8) is 0 Å². The molecule has 0 saturated carbocycles. The van der Waals surface area contributed by atoms with E-state index in [0.29, 0.717) is 47.6 Å². The Morgan fingerprint density at radius 1 is 1.33 bits per heavy atom. The van der Waals surface area contributed by atoms with Gasteiger partial charge >= 0.3 is 0 Å². The molecule has 1 atom stereocenters. The van der Waals surface area contributed by atoms with E-state index < -0.39 is 6.04 Å². The second-order valence-corrected chi connectivity index (χ2v) is 7.40. The molecule has 1 unspecified atom stereocenters. The zero-order chi connectivity index (χ0) is 17.9. The minimum absolute atomic E-state index is 0.0233. The number of carbonyl (C=O) groups is 2. The van der Waals surface area contributed by atoms with Crippen molar-refractivity contribution in [3.8, 4) is 0 Å². The Morgan fingerprint density at radius 2 is 2.04 bits per heavy atom. The molecule has 0 aliphatic carbocycles. The van der Waals surface area contributed by atoms with E-state index in [1.165, 1.54) is 0 Å². The number of rotatable bonds is 5. The Balaban J connectivity index is 2.21. The first-order valence-electron chi connectivity index (χ1n) is 8.40. The Morgan fingerprint density at radius 3 is 2.67 bits per heavy atom. The lowest BCUT2D eigenvalue weighted by Gasteiger charge is -2.31. The van der Waals surface area contributed by atoms with Crippen molar-refractivity contribution in [2.75, 3.05) is 19.6 Å². The molecule has 2 amide bonds. The molecule has 24 heavy (non-hydrogen) atoms. The van der Waals surface area contributed by atoms with Crippen LogP contribution in [0.2, 0.25) is 10.0 Å². The molecule has 1 saturated heterocycles. The number of hydrogen-bond acceptors (Lipinski definition) is 2. The molecule has 0 spiro atoms. The molecule has 1 fully saturated rings. The van der Waals surface area contributed by atoms with Gasteiger partial charge in [-0.25, -0.2) is 0 Å². The number of amides is 2. The van der Waals surface area contributed by atoms with Gasteiger partial charge in [0.15, 0.2) is 0 Å². The monoisotopic (exact) mass is 370 g/mol. The Hall–Kier alpha value is -1.26. The summed E-state index contributed by atoms with van der Waals surface area (Å²) in [5.41, 5.74) is 0.357. The zero-order valence-corrected chi connectivity index (χ0v) is 15.9. The van der Waals surface area contributed by atoms with Gasteiger partial charge in [0.2, 0.25) is 5.91 Å². The largest absolute Gasteiger partial charge is 0.341 e. The van der Waals surface area contributed by atoms with E-state index in [1.807, 2.05) is 11.8 Å². The number of nitrogens with zero attached hydrogens (tertiary/aromatic N) is 2. The van der Waals surface area contributed by atoms with Crippen LogP contribution in [0.1, 0.15) is 44.0 Å². The van der Waals surface area contributed by atoms with Crippen molar-refractivity contribution in [1.82, 2.24) is 9.80 Å². The van der Waals surface area contributed by atoms with Gasteiger partial charge in [0.05, 0.1) is 10.6 Å². The standard InChI is InChI=1S/C18H24Cl2N2O2/c1-4-21(11-12(2)3)18(24)16-6-5-9-22(16)17(23)14-10-13(19)7-8-15(14)20/h7-8,10,12,16H,4-6,9,11H2,1-3H3.